The normalized spacial score (nSPS) is 10.3. The van der Waals surface area contributed by atoms with Gasteiger partial charge in [0.25, 0.3) is 5.91 Å². The van der Waals surface area contributed by atoms with Crippen LogP contribution in [0.2, 0.25) is 5.15 Å². The number of amides is 1. The first kappa shape index (κ1) is 19.2. The van der Waals surface area contributed by atoms with Gasteiger partial charge in [0.05, 0.1) is 5.69 Å². The summed E-state index contributed by atoms with van der Waals surface area (Å²) in [6.45, 7) is 3.57. The number of pyridine rings is 1. The first-order valence-electron chi connectivity index (χ1n) is 7.67. The van der Waals surface area contributed by atoms with E-state index in [0.717, 1.165) is 5.56 Å². The second-order valence-corrected chi connectivity index (χ2v) is 5.36. The highest BCUT2D eigenvalue weighted by molar-refractivity contribution is 6.32. The van der Waals surface area contributed by atoms with Gasteiger partial charge in [-0.25, -0.2) is 9.78 Å². The number of anilines is 1. The van der Waals surface area contributed by atoms with Crippen molar-refractivity contribution in [1.29, 1.82) is 0 Å². The van der Waals surface area contributed by atoms with Crippen LogP contribution in [-0.4, -0.2) is 30.1 Å². The number of nitrogens with zero attached hydrogens (tertiary/aromatic N) is 1. The van der Waals surface area contributed by atoms with Crippen molar-refractivity contribution in [2.45, 2.75) is 0 Å². The molecule has 0 unspecified atom stereocenters. The third-order valence-corrected chi connectivity index (χ3v) is 3.34. The number of nitrogens with one attached hydrogen (secondary N) is 1. The maximum atomic E-state index is 11.7. The first-order chi connectivity index (χ1) is 12.6. The van der Waals surface area contributed by atoms with Gasteiger partial charge in [0, 0.05) is 12.3 Å². The first-order valence-corrected chi connectivity index (χ1v) is 8.05. The van der Waals surface area contributed by atoms with E-state index in [-0.39, 0.29) is 5.15 Å². The van der Waals surface area contributed by atoms with Gasteiger partial charge in [-0.2, -0.15) is 0 Å². The summed E-state index contributed by atoms with van der Waals surface area (Å²) < 4.78 is 10.2. The van der Waals surface area contributed by atoms with Crippen LogP contribution in [0.25, 0.3) is 6.08 Å². The third kappa shape index (κ3) is 6.41. The maximum Gasteiger partial charge on any atom is 0.331 e. The molecule has 0 spiro atoms. The number of halogens is 1. The molecule has 0 bridgehead atoms. The van der Waals surface area contributed by atoms with Crippen molar-refractivity contribution in [3.8, 4) is 5.75 Å². The molecule has 1 aromatic carbocycles. The molecule has 26 heavy (non-hydrogen) atoms. The number of aromatic nitrogens is 1. The zero-order valence-corrected chi connectivity index (χ0v) is 14.6. The predicted molar refractivity (Wildman–Crippen MR) is 100 cm³/mol. The summed E-state index contributed by atoms with van der Waals surface area (Å²) >= 11 is 5.83. The molecule has 6 nitrogen and oxygen atoms in total. The lowest BCUT2D eigenvalue weighted by Crippen LogP contribution is -2.20. The molecule has 0 aliphatic rings. The van der Waals surface area contributed by atoms with E-state index >= 15 is 0 Å². The zero-order valence-electron chi connectivity index (χ0n) is 13.9. The molecule has 134 valence electrons. The fourth-order valence-corrected chi connectivity index (χ4v) is 2.01. The van der Waals surface area contributed by atoms with E-state index in [1.165, 1.54) is 12.3 Å². The zero-order chi connectivity index (χ0) is 18.8. The molecule has 0 radical (unpaired) electrons. The van der Waals surface area contributed by atoms with E-state index in [0.29, 0.717) is 18.0 Å². The molecule has 2 aromatic rings. The fourth-order valence-electron chi connectivity index (χ4n) is 1.84. The highest BCUT2D eigenvalue weighted by Crippen LogP contribution is 2.17. The Morgan fingerprint density at radius 2 is 2.00 bits per heavy atom. The lowest BCUT2D eigenvalue weighted by molar-refractivity contribution is -0.142. The van der Waals surface area contributed by atoms with Gasteiger partial charge in [-0.3, -0.25) is 4.79 Å². The van der Waals surface area contributed by atoms with E-state index in [2.05, 4.69) is 16.9 Å². The molecule has 7 heteroatoms. The van der Waals surface area contributed by atoms with Crippen molar-refractivity contribution < 1.29 is 19.1 Å². The molecule has 0 aliphatic heterocycles. The van der Waals surface area contributed by atoms with Gasteiger partial charge >= 0.3 is 5.97 Å². The molecule has 0 fully saturated rings. The molecule has 1 heterocycles. The van der Waals surface area contributed by atoms with Gasteiger partial charge in [0.1, 0.15) is 12.4 Å². The van der Waals surface area contributed by atoms with Crippen LogP contribution in [-0.2, 0) is 14.3 Å². The van der Waals surface area contributed by atoms with E-state index in [9.17, 15) is 9.59 Å². The van der Waals surface area contributed by atoms with Crippen LogP contribution in [0.15, 0.2) is 61.3 Å². The Hall–Kier alpha value is -3.12. The van der Waals surface area contributed by atoms with E-state index < -0.39 is 18.5 Å². The minimum Gasteiger partial charge on any atom is -0.490 e. The summed E-state index contributed by atoms with van der Waals surface area (Å²) in [6.07, 6.45) is 5.97. The van der Waals surface area contributed by atoms with E-state index in [1.807, 2.05) is 0 Å². The van der Waals surface area contributed by atoms with Crippen LogP contribution in [0.3, 0.4) is 0 Å². The lowest BCUT2D eigenvalue weighted by atomic mass is 10.2. The molecule has 0 atom stereocenters. The van der Waals surface area contributed by atoms with Gasteiger partial charge in [-0.1, -0.05) is 36.4 Å². The minimum absolute atomic E-state index is 0.160. The van der Waals surface area contributed by atoms with E-state index in [1.54, 1.807) is 48.6 Å². The van der Waals surface area contributed by atoms with Crippen LogP contribution in [0.1, 0.15) is 5.56 Å². The highest BCUT2D eigenvalue weighted by Gasteiger charge is 2.08. The van der Waals surface area contributed by atoms with Crippen molar-refractivity contribution in [3.63, 3.8) is 0 Å². The molecule has 2 rings (SSSR count). The number of hydrogen-bond acceptors (Lipinski definition) is 5. The average Bonchev–Trinajstić information content (AvgIpc) is 2.65. The van der Waals surface area contributed by atoms with Crippen LogP contribution in [0.4, 0.5) is 5.69 Å². The van der Waals surface area contributed by atoms with Crippen LogP contribution in [0.5, 0.6) is 5.75 Å². The summed E-state index contributed by atoms with van der Waals surface area (Å²) in [5.41, 5.74) is 1.14. The topological polar surface area (TPSA) is 77.5 Å². The summed E-state index contributed by atoms with van der Waals surface area (Å²) in [5.74, 6) is -0.440. The smallest absolute Gasteiger partial charge is 0.331 e. The summed E-state index contributed by atoms with van der Waals surface area (Å²) in [7, 11) is 0. The molecule has 0 aliphatic carbocycles. The van der Waals surface area contributed by atoms with Gasteiger partial charge in [0.2, 0.25) is 0 Å². The Labute approximate surface area is 156 Å². The number of rotatable bonds is 8. The molecule has 1 N–H and O–H groups in total. The monoisotopic (exact) mass is 372 g/mol. The van der Waals surface area contributed by atoms with Crippen molar-refractivity contribution >= 4 is 35.2 Å². The fraction of sp³-hybridized carbons (Fsp3) is 0.105. The van der Waals surface area contributed by atoms with Gasteiger partial charge in [-0.05, 0) is 35.9 Å². The Balaban J connectivity index is 1.79. The van der Waals surface area contributed by atoms with Gasteiger partial charge in [0.15, 0.2) is 11.8 Å². The summed E-state index contributed by atoms with van der Waals surface area (Å²) in [4.78, 5) is 27.3. The largest absolute Gasteiger partial charge is 0.490 e. The summed E-state index contributed by atoms with van der Waals surface area (Å²) in [6, 6.07) is 10.4. The Morgan fingerprint density at radius 1 is 1.23 bits per heavy atom. The van der Waals surface area contributed by atoms with Crippen molar-refractivity contribution in [1.82, 2.24) is 4.98 Å². The quantitative estimate of drug-likeness (QED) is 0.332. The molecular weight excluding hydrogens is 356 g/mol. The van der Waals surface area contributed by atoms with Crippen LogP contribution < -0.4 is 10.1 Å². The Kier molecular flexibility index (Phi) is 7.39. The number of carbonyl (C=O) groups is 2. The SMILES string of the molecule is C=CCOc1ccc(/C=C/C(=O)OCC(=O)Nc2cccnc2Cl)cc1. The third-order valence-electron chi connectivity index (χ3n) is 3.04. The summed E-state index contributed by atoms with van der Waals surface area (Å²) in [5, 5.41) is 2.67. The second-order valence-electron chi connectivity index (χ2n) is 5.00. The van der Waals surface area contributed by atoms with Crippen LogP contribution in [0, 0.1) is 0 Å². The second kappa shape index (κ2) is 10.0. The highest BCUT2D eigenvalue weighted by atomic mass is 35.5. The number of carbonyl (C=O) groups excluding carboxylic acids is 2. The van der Waals surface area contributed by atoms with Crippen molar-refractivity contribution in [2.24, 2.45) is 0 Å². The predicted octanol–water partition coefficient (Wildman–Crippen LogP) is 3.49. The van der Waals surface area contributed by atoms with Crippen LogP contribution >= 0.6 is 11.6 Å². The number of ether oxygens (including phenoxy) is 2. The number of benzene rings is 1. The molecular formula is C19H17ClN2O4. The van der Waals surface area contributed by atoms with Gasteiger partial charge in [-0.15, -0.1) is 0 Å². The minimum atomic E-state index is -0.635. The number of esters is 1. The molecule has 1 aromatic heterocycles. The Morgan fingerprint density at radius 3 is 2.69 bits per heavy atom. The lowest BCUT2D eigenvalue weighted by Gasteiger charge is -2.06. The van der Waals surface area contributed by atoms with Gasteiger partial charge < -0.3 is 14.8 Å². The van der Waals surface area contributed by atoms with E-state index in [4.69, 9.17) is 21.1 Å². The average molecular weight is 373 g/mol. The standard InChI is InChI=1S/C19H17ClN2O4/c1-2-12-25-15-8-5-14(6-9-15)7-10-18(24)26-13-17(23)22-16-4-3-11-21-19(16)20/h2-11H,1,12-13H2,(H,22,23)/b10-7+. The molecule has 1 amide bonds. The van der Waals surface area contributed by atoms with Crippen molar-refractivity contribution in [3.05, 3.63) is 72.0 Å². The van der Waals surface area contributed by atoms with Crippen molar-refractivity contribution in [2.75, 3.05) is 18.5 Å². The maximum absolute atomic E-state index is 11.7. The Bertz CT molecular complexity index is 803. The molecule has 0 saturated carbocycles. The number of hydrogen-bond donors (Lipinski definition) is 1. The molecule has 0 saturated heterocycles.